The molecule has 0 aliphatic heterocycles. The molecular formula is C10H10ClN5O2. The quantitative estimate of drug-likeness (QED) is 0.676. The van der Waals surface area contributed by atoms with E-state index in [4.69, 9.17) is 11.6 Å². The van der Waals surface area contributed by atoms with E-state index in [-0.39, 0.29) is 10.8 Å². The summed E-state index contributed by atoms with van der Waals surface area (Å²) in [5.41, 5.74) is 0.732. The van der Waals surface area contributed by atoms with Gasteiger partial charge in [-0.1, -0.05) is 17.7 Å². The minimum absolute atomic E-state index is 0.0183. The van der Waals surface area contributed by atoms with Gasteiger partial charge in [-0.2, -0.15) is 4.68 Å². The van der Waals surface area contributed by atoms with Crippen LogP contribution >= 0.6 is 11.6 Å². The highest BCUT2D eigenvalue weighted by atomic mass is 35.5. The average molecular weight is 268 g/mol. The van der Waals surface area contributed by atoms with E-state index in [0.717, 1.165) is 11.5 Å². The lowest BCUT2D eigenvalue weighted by atomic mass is 10.3. The van der Waals surface area contributed by atoms with Gasteiger partial charge in [0.1, 0.15) is 12.4 Å². The Bertz CT molecular complexity index is 583. The summed E-state index contributed by atoms with van der Waals surface area (Å²) in [5.74, 6) is 0.377. The van der Waals surface area contributed by atoms with Crippen LogP contribution in [0.3, 0.4) is 0 Å². The fourth-order valence-electron chi connectivity index (χ4n) is 1.46. The van der Waals surface area contributed by atoms with Gasteiger partial charge in [0, 0.05) is 7.05 Å². The number of hydrogen-bond acceptors (Lipinski definition) is 5. The van der Waals surface area contributed by atoms with Crippen molar-refractivity contribution in [3.05, 3.63) is 45.2 Å². The van der Waals surface area contributed by atoms with Gasteiger partial charge in [-0.05, 0) is 17.1 Å². The number of nitrogens with zero attached hydrogens (tertiary/aromatic N) is 4. The average Bonchev–Trinajstić information content (AvgIpc) is 2.70. The van der Waals surface area contributed by atoms with E-state index in [1.165, 1.54) is 10.9 Å². The lowest BCUT2D eigenvalue weighted by Crippen LogP contribution is -2.04. The molecule has 0 bridgehead atoms. The van der Waals surface area contributed by atoms with Crippen LogP contribution in [-0.4, -0.2) is 26.7 Å². The van der Waals surface area contributed by atoms with Gasteiger partial charge in [0.05, 0.1) is 17.0 Å². The van der Waals surface area contributed by atoms with Crippen molar-refractivity contribution in [3.63, 3.8) is 0 Å². The van der Waals surface area contributed by atoms with Crippen molar-refractivity contribution in [3.8, 4) is 0 Å². The molecule has 0 aromatic carbocycles. The maximum atomic E-state index is 10.6. The zero-order valence-electron chi connectivity index (χ0n) is 9.50. The van der Waals surface area contributed by atoms with Crippen molar-refractivity contribution in [2.75, 3.05) is 12.4 Å². The standard InChI is InChI=1S/C10H10ClN5O2/c1-12-9-4-2-3-7(13-9)5-15-6-8(11)10(14-15)16(17)18/h2-4,6H,5H2,1H3,(H,12,13). The van der Waals surface area contributed by atoms with Crippen LogP contribution in [-0.2, 0) is 6.54 Å². The zero-order chi connectivity index (χ0) is 13.1. The SMILES string of the molecule is CNc1cccc(Cn2cc(Cl)c([N+](=O)[O-])n2)n1. The Hall–Kier alpha value is -2.15. The first-order valence-electron chi connectivity index (χ1n) is 5.11. The molecule has 7 nitrogen and oxygen atoms in total. The highest BCUT2D eigenvalue weighted by Crippen LogP contribution is 2.21. The fraction of sp³-hybridized carbons (Fsp3) is 0.200. The number of nitrogens with one attached hydrogen (secondary N) is 1. The van der Waals surface area contributed by atoms with Crippen molar-refractivity contribution in [2.24, 2.45) is 0 Å². The molecule has 2 aromatic heterocycles. The third-order valence-corrected chi connectivity index (χ3v) is 2.53. The Morgan fingerprint density at radius 2 is 2.33 bits per heavy atom. The van der Waals surface area contributed by atoms with Crippen LogP contribution in [0.2, 0.25) is 5.02 Å². The molecule has 18 heavy (non-hydrogen) atoms. The van der Waals surface area contributed by atoms with Gasteiger partial charge in [-0.15, -0.1) is 0 Å². The molecule has 1 N–H and O–H groups in total. The second-order valence-corrected chi connectivity index (χ2v) is 3.93. The highest BCUT2D eigenvalue weighted by Gasteiger charge is 2.19. The molecule has 2 heterocycles. The number of hydrogen-bond donors (Lipinski definition) is 1. The molecule has 0 saturated heterocycles. The summed E-state index contributed by atoms with van der Waals surface area (Å²) in [7, 11) is 1.77. The number of anilines is 1. The molecule has 2 rings (SSSR count). The first-order chi connectivity index (χ1) is 8.60. The lowest BCUT2D eigenvalue weighted by molar-refractivity contribution is -0.389. The predicted octanol–water partition coefficient (Wildman–Crippen LogP) is 1.93. The smallest absolute Gasteiger partial charge is 0.373 e. The largest absolute Gasteiger partial charge is 0.408 e. The molecule has 0 saturated carbocycles. The maximum absolute atomic E-state index is 10.6. The van der Waals surface area contributed by atoms with E-state index in [0.29, 0.717) is 6.54 Å². The summed E-state index contributed by atoms with van der Waals surface area (Å²) >= 11 is 5.71. The van der Waals surface area contributed by atoms with Crippen LogP contribution in [0.1, 0.15) is 5.69 Å². The van der Waals surface area contributed by atoms with Crippen LogP contribution in [0, 0.1) is 10.1 Å². The third-order valence-electron chi connectivity index (χ3n) is 2.26. The molecule has 0 atom stereocenters. The van der Waals surface area contributed by atoms with E-state index in [2.05, 4.69) is 15.4 Å². The van der Waals surface area contributed by atoms with Gasteiger partial charge in [-0.3, -0.25) is 0 Å². The monoisotopic (exact) mass is 267 g/mol. The van der Waals surface area contributed by atoms with Crippen molar-refractivity contribution in [1.82, 2.24) is 14.8 Å². The van der Waals surface area contributed by atoms with Crippen LogP contribution in [0.25, 0.3) is 0 Å². The fourth-order valence-corrected chi connectivity index (χ4v) is 1.68. The first-order valence-corrected chi connectivity index (χ1v) is 5.49. The normalized spacial score (nSPS) is 10.3. The van der Waals surface area contributed by atoms with Crippen molar-refractivity contribution in [2.45, 2.75) is 6.54 Å². The van der Waals surface area contributed by atoms with Crippen LogP contribution in [0.5, 0.6) is 0 Å². The Kier molecular flexibility index (Phi) is 3.42. The first kappa shape index (κ1) is 12.3. The molecule has 0 unspecified atom stereocenters. The van der Waals surface area contributed by atoms with Gasteiger partial charge in [0.25, 0.3) is 0 Å². The summed E-state index contributed by atoms with van der Waals surface area (Å²) in [6, 6.07) is 5.47. The molecule has 0 fully saturated rings. The van der Waals surface area contributed by atoms with Gasteiger partial charge < -0.3 is 15.4 Å². The Labute approximate surface area is 108 Å². The predicted molar refractivity (Wildman–Crippen MR) is 66.8 cm³/mol. The molecular weight excluding hydrogens is 258 g/mol. The molecule has 94 valence electrons. The molecule has 0 aliphatic rings. The third kappa shape index (κ3) is 2.57. The van der Waals surface area contributed by atoms with Crippen molar-refractivity contribution < 1.29 is 4.92 Å². The van der Waals surface area contributed by atoms with Gasteiger partial charge in [0.2, 0.25) is 0 Å². The van der Waals surface area contributed by atoms with E-state index in [1.54, 1.807) is 7.05 Å². The van der Waals surface area contributed by atoms with Crippen LogP contribution in [0.15, 0.2) is 24.4 Å². The van der Waals surface area contributed by atoms with Crippen LogP contribution < -0.4 is 5.32 Å². The molecule has 8 heteroatoms. The van der Waals surface area contributed by atoms with Gasteiger partial charge >= 0.3 is 5.82 Å². The molecule has 0 aliphatic carbocycles. The Balaban J connectivity index is 2.23. The van der Waals surface area contributed by atoms with Crippen LogP contribution in [0.4, 0.5) is 11.6 Å². The second kappa shape index (κ2) is 5.01. The Morgan fingerprint density at radius 3 is 2.94 bits per heavy atom. The number of aromatic nitrogens is 3. The van der Waals surface area contributed by atoms with Gasteiger partial charge in [-0.25, -0.2) is 4.98 Å². The summed E-state index contributed by atoms with van der Waals surface area (Å²) in [4.78, 5) is 14.3. The number of rotatable bonds is 4. The minimum Gasteiger partial charge on any atom is -0.373 e. The summed E-state index contributed by atoms with van der Waals surface area (Å²) in [6.45, 7) is 0.322. The van der Waals surface area contributed by atoms with E-state index in [9.17, 15) is 10.1 Å². The number of halogens is 1. The number of nitro groups is 1. The zero-order valence-corrected chi connectivity index (χ0v) is 10.3. The number of pyridine rings is 1. The van der Waals surface area contributed by atoms with E-state index < -0.39 is 4.92 Å². The highest BCUT2D eigenvalue weighted by molar-refractivity contribution is 6.32. The maximum Gasteiger partial charge on any atom is 0.408 e. The summed E-state index contributed by atoms with van der Waals surface area (Å²) in [5, 5.41) is 17.3. The molecule has 2 aromatic rings. The van der Waals surface area contributed by atoms with E-state index in [1.807, 2.05) is 18.2 Å². The lowest BCUT2D eigenvalue weighted by Gasteiger charge is -2.01. The summed E-state index contributed by atoms with van der Waals surface area (Å²) in [6.07, 6.45) is 1.41. The Morgan fingerprint density at radius 1 is 1.56 bits per heavy atom. The van der Waals surface area contributed by atoms with Gasteiger partial charge in [0.15, 0.2) is 5.02 Å². The van der Waals surface area contributed by atoms with Crippen molar-refractivity contribution in [1.29, 1.82) is 0 Å². The van der Waals surface area contributed by atoms with Crippen molar-refractivity contribution >= 4 is 23.2 Å². The topological polar surface area (TPSA) is 85.9 Å². The minimum atomic E-state index is -0.615. The second-order valence-electron chi connectivity index (χ2n) is 3.52. The summed E-state index contributed by atoms with van der Waals surface area (Å²) < 4.78 is 1.39. The van der Waals surface area contributed by atoms with E-state index >= 15 is 0 Å². The molecule has 0 spiro atoms. The molecule has 0 radical (unpaired) electrons. The molecule has 0 amide bonds.